The fraction of sp³-hybridized carbons (Fsp3) is 0.200. The molecule has 102 valence electrons. The van der Waals surface area contributed by atoms with Crippen molar-refractivity contribution in [1.29, 1.82) is 0 Å². The summed E-state index contributed by atoms with van der Waals surface area (Å²) in [5, 5.41) is 5.15. The molecule has 0 fully saturated rings. The highest BCUT2D eigenvalue weighted by atomic mass is 16.5. The molecule has 0 saturated heterocycles. The zero-order valence-corrected chi connectivity index (χ0v) is 11.4. The van der Waals surface area contributed by atoms with Gasteiger partial charge in [0.1, 0.15) is 5.52 Å². The van der Waals surface area contributed by atoms with Crippen molar-refractivity contribution in [2.24, 2.45) is 0 Å². The number of nitrogens with two attached hydrogens (primary N) is 1. The van der Waals surface area contributed by atoms with Crippen LogP contribution in [0.2, 0.25) is 0 Å². The zero-order valence-electron chi connectivity index (χ0n) is 11.4. The lowest BCUT2D eigenvalue weighted by molar-refractivity contribution is 0.481. The van der Waals surface area contributed by atoms with Crippen molar-refractivity contribution < 1.29 is 4.74 Å². The van der Waals surface area contributed by atoms with E-state index in [0.717, 1.165) is 10.9 Å². The summed E-state index contributed by atoms with van der Waals surface area (Å²) in [5.74, 6) is 1.37. The quantitative estimate of drug-likeness (QED) is 0.739. The number of fused-ring (bicyclic) bond motifs is 1. The van der Waals surface area contributed by atoms with Crippen molar-refractivity contribution in [2.45, 2.75) is 19.9 Å². The summed E-state index contributed by atoms with van der Waals surface area (Å²) < 4.78 is 7.73. The Kier molecular flexibility index (Phi) is 3.02. The number of nitrogen functional groups attached to an aromatic ring is 1. The van der Waals surface area contributed by atoms with Gasteiger partial charge in [0.05, 0.1) is 12.4 Å². The largest absolute Gasteiger partial charge is 0.452 e. The third kappa shape index (κ3) is 2.18. The van der Waals surface area contributed by atoms with Gasteiger partial charge in [0.15, 0.2) is 11.5 Å². The van der Waals surface area contributed by atoms with Gasteiger partial charge in [0.2, 0.25) is 0 Å². The molecular weight excluding hydrogens is 252 g/mol. The smallest absolute Gasteiger partial charge is 0.165 e. The highest BCUT2D eigenvalue weighted by Gasteiger charge is 2.09. The SMILES string of the molecule is CC(C)n1cc(Oc2ccc(N)c3cccnc23)cn1. The summed E-state index contributed by atoms with van der Waals surface area (Å²) in [6.45, 7) is 4.13. The Bertz CT molecular complexity index is 748. The van der Waals surface area contributed by atoms with Crippen molar-refractivity contribution in [1.82, 2.24) is 14.8 Å². The molecule has 2 heterocycles. The van der Waals surface area contributed by atoms with Crippen LogP contribution in [0.3, 0.4) is 0 Å². The summed E-state index contributed by atoms with van der Waals surface area (Å²) in [6, 6.07) is 7.75. The molecule has 0 unspecified atom stereocenters. The first-order valence-electron chi connectivity index (χ1n) is 6.50. The van der Waals surface area contributed by atoms with Crippen LogP contribution in [0.25, 0.3) is 10.9 Å². The molecule has 5 heteroatoms. The standard InChI is InChI=1S/C15H16N4O/c1-10(2)19-9-11(8-18-19)20-14-6-5-13(16)12-4-3-7-17-15(12)14/h3-10H,16H2,1-2H3. The molecule has 0 aliphatic carbocycles. The summed E-state index contributed by atoms with van der Waals surface area (Å²) in [6.07, 6.45) is 5.30. The number of ether oxygens (including phenoxy) is 1. The van der Waals surface area contributed by atoms with Gasteiger partial charge in [-0.1, -0.05) is 0 Å². The second-order valence-electron chi connectivity index (χ2n) is 4.90. The maximum atomic E-state index is 5.95. The van der Waals surface area contributed by atoms with Gasteiger partial charge in [-0.15, -0.1) is 0 Å². The second kappa shape index (κ2) is 4.85. The van der Waals surface area contributed by atoms with E-state index in [1.165, 1.54) is 0 Å². The van der Waals surface area contributed by atoms with Crippen LogP contribution < -0.4 is 10.5 Å². The molecule has 0 aliphatic rings. The van der Waals surface area contributed by atoms with E-state index in [2.05, 4.69) is 23.9 Å². The molecule has 0 radical (unpaired) electrons. The molecule has 0 spiro atoms. The molecule has 20 heavy (non-hydrogen) atoms. The van der Waals surface area contributed by atoms with E-state index in [-0.39, 0.29) is 0 Å². The van der Waals surface area contributed by atoms with Crippen LogP contribution in [0.15, 0.2) is 42.9 Å². The van der Waals surface area contributed by atoms with E-state index >= 15 is 0 Å². The lowest BCUT2D eigenvalue weighted by Crippen LogP contribution is -1.99. The molecule has 5 nitrogen and oxygen atoms in total. The van der Waals surface area contributed by atoms with Gasteiger partial charge >= 0.3 is 0 Å². The topological polar surface area (TPSA) is 66.0 Å². The Hall–Kier alpha value is -2.56. The molecule has 0 aliphatic heterocycles. The minimum Gasteiger partial charge on any atom is -0.452 e. The van der Waals surface area contributed by atoms with Gasteiger partial charge in [0.25, 0.3) is 0 Å². The maximum Gasteiger partial charge on any atom is 0.165 e. The number of hydrogen-bond donors (Lipinski definition) is 1. The summed E-state index contributed by atoms with van der Waals surface area (Å²) >= 11 is 0. The summed E-state index contributed by atoms with van der Waals surface area (Å²) in [4.78, 5) is 4.35. The fourth-order valence-corrected chi connectivity index (χ4v) is 2.03. The molecule has 0 saturated carbocycles. The summed E-state index contributed by atoms with van der Waals surface area (Å²) in [7, 11) is 0. The first-order valence-corrected chi connectivity index (χ1v) is 6.50. The van der Waals surface area contributed by atoms with Crippen LogP contribution in [-0.4, -0.2) is 14.8 Å². The predicted molar refractivity (Wildman–Crippen MR) is 78.8 cm³/mol. The monoisotopic (exact) mass is 268 g/mol. The number of aromatic nitrogens is 3. The first-order chi connectivity index (χ1) is 9.65. The van der Waals surface area contributed by atoms with Crippen molar-refractivity contribution in [3.05, 3.63) is 42.9 Å². The predicted octanol–water partition coefficient (Wildman–Crippen LogP) is 3.39. The molecule has 2 aromatic heterocycles. The second-order valence-corrected chi connectivity index (χ2v) is 4.90. The number of pyridine rings is 1. The number of hydrogen-bond acceptors (Lipinski definition) is 4. The van der Waals surface area contributed by atoms with E-state index in [9.17, 15) is 0 Å². The Morgan fingerprint density at radius 3 is 2.85 bits per heavy atom. The van der Waals surface area contributed by atoms with Crippen LogP contribution >= 0.6 is 0 Å². The van der Waals surface area contributed by atoms with E-state index in [4.69, 9.17) is 10.5 Å². The lowest BCUT2D eigenvalue weighted by Gasteiger charge is -2.08. The van der Waals surface area contributed by atoms with Gasteiger partial charge < -0.3 is 10.5 Å². The number of anilines is 1. The summed E-state index contributed by atoms with van der Waals surface area (Å²) in [5.41, 5.74) is 7.40. The molecule has 1 aromatic carbocycles. The minimum atomic E-state index is 0.300. The van der Waals surface area contributed by atoms with Gasteiger partial charge in [-0.3, -0.25) is 9.67 Å². The molecule has 0 bridgehead atoms. The third-order valence-electron chi connectivity index (χ3n) is 3.10. The van der Waals surface area contributed by atoms with Gasteiger partial charge in [-0.2, -0.15) is 5.10 Å². The molecule has 3 aromatic rings. The minimum absolute atomic E-state index is 0.300. The van der Waals surface area contributed by atoms with E-state index in [1.807, 2.05) is 35.1 Å². The van der Waals surface area contributed by atoms with Crippen LogP contribution in [0, 0.1) is 0 Å². The van der Waals surface area contributed by atoms with Crippen LogP contribution in [-0.2, 0) is 0 Å². The van der Waals surface area contributed by atoms with Crippen LogP contribution in [0.1, 0.15) is 19.9 Å². The fourth-order valence-electron chi connectivity index (χ4n) is 2.03. The van der Waals surface area contributed by atoms with Crippen molar-refractivity contribution in [3.8, 4) is 11.5 Å². The van der Waals surface area contributed by atoms with Crippen molar-refractivity contribution >= 4 is 16.6 Å². The highest BCUT2D eigenvalue weighted by molar-refractivity contribution is 5.94. The highest BCUT2D eigenvalue weighted by Crippen LogP contribution is 2.31. The Morgan fingerprint density at radius 1 is 1.25 bits per heavy atom. The normalized spacial score (nSPS) is 11.2. The third-order valence-corrected chi connectivity index (χ3v) is 3.10. The molecule has 2 N–H and O–H groups in total. The Labute approximate surface area is 117 Å². The van der Waals surface area contributed by atoms with Gasteiger partial charge in [0, 0.05) is 23.3 Å². The molecule has 0 amide bonds. The lowest BCUT2D eigenvalue weighted by atomic mass is 10.2. The molecule has 3 rings (SSSR count). The average molecular weight is 268 g/mol. The number of nitrogens with zero attached hydrogens (tertiary/aromatic N) is 3. The van der Waals surface area contributed by atoms with E-state index in [1.54, 1.807) is 12.4 Å². The Morgan fingerprint density at radius 2 is 2.10 bits per heavy atom. The van der Waals surface area contributed by atoms with Crippen molar-refractivity contribution in [3.63, 3.8) is 0 Å². The van der Waals surface area contributed by atoms with Crippen LogP contribution in [0.4, 0.5) is 5.69 Å². The van der Waals surface area contributed by atoms with E-state index in [0.29, 0.717) is 23.2 Å². The number of benzene rings is 1. The van der Waals surface area contributed by atoms with Crippen LogP contribution in [0.5, 0.6) is 11.5 Å². The molecular formula is C15H16N4O. The van der Waals surface area contributed by atoms with Gasteiger partial charge in [-0.05, 0) is 38.1 Å². The number of rotatable bonds is 3. The molecule has 0 atom stereocenters. The van der Waals surface area contributed by atoms with Gasteiger partial charge in [-0.25, -0.2) is 0 Å². The zero-order chi connectivity index (χ0) is 14.1. The Balaban J connectivity index is 2.00. The van der Waals surface area contributed by atoms with E-state index < -0.39 is 0 Å². The first kappa shape index (κ1) is 12.5. The maximum absolute atomic E-state index is 5.95. The average Bonchev–Trinajstić information content (AvgIpc) is 2.91. The van der Waals surface area contributed by atoms with Crippen molar-refractivity contribution in [2.75, 3.05) is 5.73 Å².